The maximum absolute atomic E-state index is 12.1. The monoisotopic (exact) mass is 311 g/mol. The first-order valence-corrected chi connectivity index (χ1v) is 6.96. The first-order chi connectivity index (χ1) is 9.49. The van der Waals surface area contributed by atoms with E-state index in [2.05, 4.69) is 10.4 Å². The lowest BCUT2D eigenvalue weighted by atomic mass is 10.1. The van der Waals surface area contributed by atoms with Crippen molar-refractivity contribution in [1.82, 2.24) is 15.1 Å². The van der Waals surface area contributed by atoms with E-state index in [-0.39, 0.29) is 5.91 Å². The zero-order valence-electron chi connectivity index (χ0n) is 11.3. The first kappa shape index (κ1) is 14.9. The van der Waals surface area contributed by atoms with Gasteiger partial charge in [0.05, 0.1) is 11.3 Å². The summed E-state index contributed by atoms with van der Waals surface area (Å²) in [5.74, 6) is -0.206. The quantitative estimate of drug-likeness (QED) is 0.943. The van der Waals surface area contributed by atoms with Gasteiger partial charge in [0.2, 0.25) is 0 Å². The van der Waals surface area contributed by atoms with Crippen LogP contribution in [-0.2, 0) is 13.5 Å². The van der Waals surface area contributed by atoms with Crippen LogP contribution in [0.2, 0.25) is 10.2 Å². The van der Waals surface area contributed by atoms with Gasteiger partial charge in [-0.05, 0) is 31.0 Å². The average molecular weight is 312 g/mol. The summed E-state index contributed by atoms with van der Waals surface area (Å²) >= 11 is 12.0. The van der Waals surface area contributed by atoms with Crippen molar-refractivity contribution in [3.05, 3.63) is 51.3 Å². The Labute approximate surface area is 127 Å². The maximum atomic E-state index is 12.1. The van der Waals surface area contributed by atoms with Crippen molar-refractivity contribution in [3.8, 4) is 0 Å². The number of hydrogen-bond acceptors (Lipinski definition) is 2. The molecule has 0 saturated carbocycles. The predicted molar refractivity (Wildman–Crippen MR) is 80.4 cm³/mol. The van der Waals surface area contributed by atoms with Crippen molar-refractivity contribution < 1.29 is 4.79 Å². The van der Waals surface area contributed by atoms with Crippen LogP contribution in [0.25, 0.3) is 0 Å². The van der Waals surface area contributed by atoms with Gasteiger partial charge in [-0.25, -0.2) is 0 Å². The predicted octanol–water partition coefficient (Wildman–Crippen LogP) is 3.01. The minimum Gasteiger partial charge on any atom is -0.352 e. The number of amides is 1. The molecule has 4 nitrogen and oxygen atoms in total. The number of nitrogens with zero attached hydrogens (tertiary/aromatic N) is 2. The van der Waals surface area contributed by atoms with Crippen LogP contribution in [0, 0.1) is 6.92 Å². The van der Waals surface area contributed by atoms with Crippen molar-refractivity contribution in [3.63, 3.8) is 0 Å². The molecule has 0 aliphatic heterocycles. The summed E-state index contributed by atoms with van der Waals surface area (Å²) < 4.78 is 1.49. The number of aryl methyl sites for hydroxylation is 2. The molecule has 1 aromatic carbocycles. The molecule has 0 unspecified atom stereocenters. The Morgan fingerprint density at radius 2 is 2.15 bits per heavy atom. The van der Waals surface area contributed by atoms with E-state index in [0.29, 0.717) is 34.4 Å². The van der Waals surface area contributed by atoms with Gasteiger partial charge in [-0.1, -0.05) is 35.3 Å². The van der Waals surface area contributed by atoms with Gasteiger partial charge >= 0.3 is 0 Å². The van der Waals surface area contributed by atoms with Crippen molar-refractivity contribution in [2.75, 3.05) is 6.54 Å². The minimum atomic E-state index is -0.206. The fourth-order valence-corrected chi connectivity index (χ4v) is 2.46. The Morgan fingerprint density at radius 1 is 1.40 bits per heavy atom. The lowest BCUT2D eigenvalue weighted by Crippen LogP contribution is -2.26. The zero-order chi connectivity index (χ0) is 14.7. The van der Waals surface area contributed by atoms with Gasteiger partial charge in [0.25, 0.3) is 5.91 Å². The second-order valence-electron chi connectivity index (χ2n) is 4.51. The van der Waals surface area contributed by atoms with Crippen LogP contribution < -0.4 is 5.32 Å². The highest BCUT2D eigenvalue weighted by molar-refractivity contribution is 6.33. The Kier molecular flexibility index (Phi) is 4.68. The molecule has 1 aromatic heterocycles. The van der Waals surface area contributed by atoms with Crippen LogP contribution in [0.3, 0.4) is 0 Å². The molecule has 106 valence electrons. The number of halogens is 2. The second-order valence-corrected chi connectivity index (χ2v) is 5.31. The van der Waals surface area contributed by atoms with Crippen LogP contribution in [0.15, 0.2) is 24.3 Å². The summed E-state index contributed by atoms with van der Waals surface area (Å²) in [6.45, 7) is 2.28. The lowest BCUT2D eigenvalue weighted by Gasteiger charge is -2.05. The first-order valence-electron chi connectivity index (χ1n) is 6.20. The molecule has 2 rings (SSSR count). The molecule has 0 saturated heterocycles. The van der Waals surface area contributed by atoms with E-state index < -0.39 is 0 Å². The van der Waals surface area contributed by atoms with Crippen molar-refractivity contribution in [2.24, 2.45) is 7.05 Å². The third-order valence-electron chi connectivity index (χ3n) is 2.97. The summed E-state index contributed by atoms with van der Waals surface area (Å²) in [5, 5.41) is 8.00. The summed E-state index contributed by atoms with van der Waals surface area (Å²) in [5.41, 5.74) is 2.13. The van der Waals surface area contributed by atoms with Crippen molar-refractivity contribution >= 4 is 29.1 Å². The molecule has 20 heavy (non-hydrogen) atoms. The molecular weight excluding hydrogens is 297 g/mol. The maximum Gasteiger partial charge on any atom is 0.256 e. The van der Waals surface area contributed by atoms with Gasteiger partial charge in [-0.15, -0.1) is 0 Å². The molecule has 6 heteroatoms. The van der Waals surface area contributed by atoms with E-state index in [1.54, 1.807) is 14.0 Å². The molecule has 1 heterocycles. The topological polar surface area (TPSA) is 46.9 Å². The number of carbonyl (C=O) groups excluding carboxylic acids is 1. The zero-order valence-corrected chi connectivity index (χ0v) is 12.8. The second kappa shape index (κ2) is 6.29. The Balaban J connectivity index is 1.96. The summed E-state index contributed by atoms with van der Waals surface area (Å²) in [6.07, 6.45) is 0.712. The number of hydrogen-bond donors (Lipinski definition) is 1. The molecule has 0 atom stereocenters. The molecule has 0 spiro atoms. The normalized spacial score (nSPS) is 10.6. The van der Waals surface area contributed by atoms with Crippen molar-refractivity contribution in [2.45, 2.75) is 13.3 Å². The Hall–Kier alpha value is -1.52. The van der Waals surface area contributed by atoms with Crippen LogP contribution in [0.4, 0.5) is 0 Å². The highest BCUT2D eigenvalue weighted by atomic mass is 35.5. The standard InChI is InChI=1S/C14H15Cl2N3O/c1-9-12(13(16)19(2)18-9)14(20)17-7-6-10-4-3-5-11(15)8-10/h3-5,8H,6-7H2,1-2H3,(H,17,20). The number of benzene rings is 1. The fraction of sp³-hybridized carbons (Fsp3) is 0.286. The van der Waals surface area contributed by atoms with Crippen LogP contribution >= 0.6 is 23.2 Å². The number of carbonyl (C=O) groups is 1. The smallest absolute Gasteiger partial charge is 0.256 e. The molecule has 2 aromatic rings. The van der Waals surface area contributed by atoms with Gasteiger partial charge in [0.1, 0.15) is 5.15 Å². The van der Waals surface area contributed by atoms with Gasteiger partial charge < -0.3 is 5.32 Å². The van der Waals surface area contributed by atoms with E-state index in [9.17, 15) is 4.79 Å². The Morgan fingerprint density at radius 3 is 2.75 bits per heavy atom. The molecule has 1 amide bonds. The molecule has 0 aliphatic carbocycles. The van der Waals surface area contributed by atoms with Gasteiger partial charge in [-0.3, -0.25) is 9.48 Å². The fourth-order valence-electron chi connectivity index (χ4n) is 1.99. The number of rotatable bonds is 4. The van der Waals surface area contributed by atoms with Crippen molar-refractivity contribution in [1.29, 1.82) is 0 Å². The molecule has 0 bridgehead atoms. The van der Waals surface area contributed by atoms with Crippen LogP contribution in [0.5, 0.6) is 0 Å². The van der Waals surface area contributed by atoms with Gasteiger partial charge in [0.15, 0.2) is 0 Å². The molecule has 0 aliphatic rings. The average Bonchev–Trinajstić information content (AvgIpc) is 2.63. The number of aromatic nitrogens is 2. The van der Waals surface area contributed by atoms with E-state index >= 15 is 0 Å². The minimum absolute atomic E-state index is 0.206. The van der Waals surface area contributed by atoms with Gasteiger partial charge in [-0.2, -0.15) is 5.10 Å². The molecular formula is C14H15Cl2N3O. The molecule has 0 radical (unpaired) electrons. The highest BCUT2D eigenvalue weighted by Crippen LogP contribution is 2.18. The summed E-state index contributed by atoms with van der Waals surface area (Å²) in [7, 11) is 1.71. The van der Waals surface area contributed by atoms with Crippen LogP contribution in [-0.4, -0.2) is 22.2 Å². The lowest BCUT2D eigenvalue weighted by molar-refractivity contribution is 0.0953. The highest BCUT2D eigenvalue weighted by Gasteiger charge is 2.18. The summed E-state index contributed by atoms with van der Waals surface area (Å²) in [4.78, 5) is 12.1. The summed E-state index contributed by atoms with van der Waals surface area (Å²) in [6, 6.07) is 7.57. The SMILES string of the molecule is Cc1nn(C)c(Cl)c1C(=O)NCCc1cccc(Cl)c1. The molecule has 0 fully saturated rings. The third kappa shape index (κ3) is 3.32. The third-order valence-corrected chi connectivity index (χ3v) is 3.64. The largest absolute Gasteiger partial charge is 0.352 e. The van der Waals surface area contributed by atoms with Gasteiger partial charge in [0, 0.05) is 18.6 Å². The van der Waals surface area contributed by atoms with E-state index in [1.807, 2.05) is 24.3 Å². The van der Waals surface area contributed by atoms with E-state index in [4.69, 9.17) is 23.2 Å². The number of nitrogens with one attached hydrogen (secondary N) is 1. The Bertz CT molecular complexity index is 637. The van der Waals surface area contributed by atoms with Crippen LogP contribution in [0.1, 0.15) is 21.6 Å². The molecule has 1 N–H and O–H groups in total. The van der Waals surface area contributed by atoms with E-state index in [0.717, 1.165) is 5.56 Å². The van der Waals surface area contributed by atoms with E-state index in [1.165, 1.54) is 4.68 Å².